The molecule has 18 heavy (non-hydrogen) atoms. The maximum absolute atomic E-state index is 12.4. The normalized spacial score (nSPS) is 23.2. The molecule has 0 unspecified atom stereocenters. The number of rotatable bonds is 2. The molecule has 1 aliphatic carbocycles. The summed E-state index contributed by atoms with van der Waals surface area (Å²) in [5.74, 6) is 1.42. The predicted molar refractivity (Wildman–Crippen MR) is 68.4 cm³/mol. The predicted octanol–water partition coefficient (Wildman–Crippen LogP) is 5.06. The van der Waals surface area contributed by atoms with E-state index in [0.29, 0.717) is 5.92 Å². The molecule has 0 bridgehead atoms. The highest BCUT2D eigenvalue weighted by atomic mass is 19.3. The Morgan fingerprint density at radius 1 is 1.06 bits per heavy atom. The first-order valence-corrected chi connectivity index (χ1v) is 6.30. The van der Waals surface area contributed by atoms with Crippen molar-refractivity contribution in [1.29, 1.82) is 5.26 Å². The zero-order valence-electron chi connectivity index (χ0n) is 10.7. The van der Waals surface area contributed by atoms with E-state index >= 15 is 0 Å². The molecule has 1 aliphatic rings. The van der Waals surface area contributed by atoms with Crippen LogP contribution < -0.4 is 0 Å². The van der Waals surface area contributed by atoms with Gasteiger partial charge >= 0.3 is 0 Å². The highest BCUT2D eigenvalue weighted by Crippen LogP contribution is 2.35. The third kappa shape index (κ3) is 3.80. The second kappa shape index (κ2) is 7.10. The lowest BCUT2D eigenvalue weighted by Gasteiger charge is -2.26. The van der Waals surface area contributed by atoms with Crippen LogP contribution in [-0.2, 0) is 0 Å². The van der Waals surface area contributed by atoms with Gasteiger partial charge in [0.25, 0.3) is 6.43 Å². The van der Waals surface area contributed by atoms with E-state index in [1.54, 1.807) is 12.1 Å². The van der Waals surface area contributed by atoms with Crippen molar-refractivity contribution in [1.82, 2.24) is 0 Å². The van der Waals surface area contributed by atoms with Crippen molar-refractivity contribution in [3.05, 3.63) is 35.4 Å². The summed E-state index contributed by atoms with van der Waals surface area (Å²) in [6.07, 6.45) is 2.59. The van der Waals surface area contributed by atoms with E-state index in [4.69, 9.17) is 5.26 Å². The van der Waals surface area contributed by atoms with Crippen LogP contribution in [0.4, 0.5) is 8.78 Å². The van der Waals surface area contributed by atoms with Crippen molar-refractivity contribution in [2.24, 2.45) is 5.92 Å². The molecule has 0 amide bonds. The molecule has 0 spiro atoms. The number of hydrogen-bond acceptors (Lipinski definition) is 1. The van der Waals surface area contributed by atoms with Gasteiger partial charge in [0.05, 0.1) is 0 Å². The highest BCUT2D eigenvalue weighted by Gasteiger charge is 2.19. The number of nitriles is 1. The molecule has 0 aromatic heterocycles. The molecule has 0 saturated heterocycles. The van der Waals surface area contributed by atoms with E-state index in [2.05, 4.69) is 13.5 Å². The smallest absolute Gasteiger partial charge is 0.205 e. The third-order valence-electron chi connectivity index (χ3n) is 3.68. The molecular weight excluding hydrogens is 232 g/mol. The molecule has 98 valence electrons. The molecule has 0 radical (unpaired) electrons. The minimum Gasteiger partial charge on any atom is -0.205 e. The van der Waals surface area contributed by atoms with E-state index in [-0.39, 0.29) is 5.56 Å². The second-order valence-corrected chi connectivity index (χ2v) is 4.92. The van der Waals surface area contributed by atoms with Gasteiger partial charge in [-0.05, 0) is 30.2 Å². The third-order valence-corrected chi connectivity index (χ3v) is 3.68. The Morgan fingerprint density at radius 2 is 1.56 bits per heavy atom. The van der Waals surface area contributed by atoms with Crippen LogP contribution in [0, 0.1) is 17.8 Å². The fourth-order valence-electron chi connectivity index (χ4n) is 2.51. The van der Waals surface area contributed by atoms with Gasteiger partial charge in [-0.3, -0.25) is 0 Å². The number of alkyl halides is 2. The molecule has 0 atom stereocenters. The highest BCUT2D eigenvalue weighted by molar-refractivity contribution is 5.26. The van der Waals surface area contributed by atoms with Gasteiger partial charge in [0.2, 0.25) is 0 Å². The van der Waals surface area contributed by atoms with Crippen LogP contribution >= 0.6 is 0 Å². The Kier molecular flexibility index (Phi) is 5.77. The Labute approximate surface area is 107 Å². The van der Waals surface area contributed by atoms with Gasteiger partial charge in [-0.1, -0.05) is 44.0 Å². The van der Waals surface area contributed by atoms with E-state index < -0.39 is 6.43 Å². The molecule has 0 N–H and O–H groups in total. The summed E-state index contributed by atoms with van der Waals surface area (Å²) in [5.41, 5.74) is 1.37. The van der Waals surface area contributed by atoms with Gasteiger partial charge in [0.15, 0.2) is 0 Å². The summed E-state index contributed by atoms with van der Waals surface area (Å²) < 4.78 is 24.8. The fourth-order valence-corrected chi connectivity index (χ4v) is 2.51. The van der Waals surface area contributed by atoms with E-state index in [1.807, 2.05) is 12.1 Å². The fraction of sp³-hybridized carbons (Fsp3) is 0.533. The molecule has 1 aromatic rings. The maximum atomic E-state index is 12.4. The van der Waals surface area contributed by atoms with Crippen LogP contribution in [-0.4, -0.2) is 0 Å². The minimum absolute atomic E-state index is 0.132. The molecule has 1 aromatic carbocycles. The van der Waals surface area contributed by atoms with E-state index in [9.17, 15) is 8.78 Å². The number of nitrogens with zero attached hydrogens (tertiary/aromatic N) is 1. The average molecular weight is 251 g/mol. The lowest BCUT2D eigenvalue weighted by Crippen LogP contribution is -2.10. The molecule has 1 nitrogen and oxygen atoms in total. The molecule has 0 aliphatic heterocycles. The quantitative estimate of drug-likeness (QED) is 0.720. The molecule has 0 heterocycles. The lowest BCUT2D eigenvalue weighted by molar-refractivity contribution is 0.151. The molecule has 1 fully saturated rings. The van der Waals surface area contributed by atoms with E-state index in [0.717, 1.165) is 5.92 Å². The van der Waals surface area contributed by atoms with Crippen LogP contribution in [0.3, 0.4) is 0 Å². The molecule has 1 saturated carbocycles. The Morgan fingerprint density at radius 3 is 2.00 bits per heavy atom. The summed E-state index contributed by atoms with van der Waals surface area (Å²) in [6.45, 7) is 5.79. The standard InChI is InChI=1S/C14H18F2.CHN/c1-10-2-4-11(5-3-10)12-6-8-13(9-7-12)14(15)16;1-2/h6-11,14H,2-5H2,1H3;1H. The van der Waals surface area contributed by atoms with E-state index in [1.165, 1.54) is 31.2 Å². The van der Waals surface area contributed by atoms with Crippen LogP contribution in [0.25, 0.3) is 0 Å². The first kappa shape index (κ1) is 14.6. The number of hydrogen-bond donors (Lipinski definition) is 0. The van der Waals surface area contributed by atoms with Crippen molar-refractivity contribution in [2.75, 3.05) is 0 Å². The number of benzene rings is 1. The van der Waals surface area contributed by atoms with Crippen LogP contribution in [0.5, 0.6) is 0 Å². The lowest BCUT2D eigenvalue weighted by atomic mass is 9.79. The van der Waals surface area contributed by atoms with Crippen molar-refractivity contribution in [3.8, 4) is 6.57 Å². The molecule has 2 rings (SSSR count). The SMILES string of the molecule is C#N.CC1CCC(c2ccc(C(F)F)cc2)CC1. The maximum Gasteiger partial charge on any atom is 0.263 e. The van der Waals surface area contributed by atoms with Gasteiger partial charge in [0.1, 0.15) is 0 Å². The largest absolute Gasteiger partial charge is 0.263 e. The average Bonchev–Trinajstić information content (AvgIpc) is 2.42. The molecular formula is C15H19F2N. The first-order valence-electron chi connectivity index (χ1n) is 6.30. The van der Waals surface area contributed by atoms with Crippen LogP contribution in [0.2, 0.25) is 0 Å². The van der Waals surface area contributed by atoms with Gasteiger partial charge in [-0.15, -0.1) is 0 Å². The minimum atomic E-state index is -2.35. The second-order valence-electron chi connectivity index (χ2n) is 4.92. The number of halogens is 2. The summed E-state index contributed by atoms with van der Waals surface area (Å²) in [4.78, 5) is 0. The Hall–Kier alpha value is -1.43. The van der Waals surface area contributed by atoms with Crippen LogP contribution in [0.1, 0.15) is 56.1 Å². The molecule has 3 heteroatoms. The zero-order valence-corrected chi connectivity index (χ0v) is 10.7. The monoisotopic (exact) mass is 251 g/mol. The summed E-state index contributed by atoms with van der Waals surface area (Å²) in [7, 11) is 0. The first-order chi connectivity index (χ1) is 8.66. The Balaban J connectivity index is 0.000000771. The van der Waals surface area contributed by atoms with Gasteiger partial charge in [0, 0.05) is 12.1 Å². The topological polar surface area (TPSA) is 23.8 Å². The van der Waals surface area contributed by atoms with Gasteiger partial charge in [-0.25, -0.2) is 14.0 Å². The van der Waals surface area contributed by atoms with Crippen molar-refractivity contribution < 1.29 is 8.78 Å². The summed E-state index contributed by atoms with van der Waals surface area (Å²) in [6, 6.07) is 6.89. The van der Waals surface area contributed by atoms with Crippen molar-refractivity contribution in [3.63, 3.8) is 0 Å². The van der Waals surface area contributed by atoms with Crippen molar-refractivity contribution in [2.45, 2.75) is 45.0 Å². The Bertz CT molecular complexity index is 362. The summed E-state index contributed by atoms with van der Waals surface area (Å²) in [5, 5.41) is 6.50. The zero-order chi connectivity index (χ0) is 13.5. The van der Waals surface area contributed by atoms with Crippen LogP contribution in [0.15, 0.2) is 24.3 Å². The van der Waals surface area contributed by atoms with Gasteiger partial charge < -0.3 is 0 Å². The summed E-state index contributed by atoms with van der Waals surface area (Å²) >= 11 is 0. The van der Waals surface area contributed by atoms with Gasteiger partial charge in [-0.2, -0.15) is 0 Å². The van der Waals surface area contributed by atoms with Crippen molar-refractivity contribution >= 4 is 0 Å².